The Hall–Kier alpha value is -1.33. The number of nitrogens with one attached hydrogen (secondary N) is 1. The van der Waals surface area contributed by atoms with Gasteiger partial charge in [0.25, 0.3) is 0 Å². The summed E-state index contributed by atoms with van der Waals surface area (Å²) in [5, 5.41) is 20.3. The average Bonchev–Trinajstić information content (AvgIpc) is 2.75. The predicted molar refractivity (Wildman–Crippen MR) is 72.5 cm³/mol. The van der Waals surface area contributed by atoms with E-state index < -0.39 is 0 Å². The first kappa shape index (κ1) is 13.7. The number of benzene rings is 1. The van der Waals surface area contributed by atoms with Crippen LogP contribution in [0.4, 0.5) is 0 Å². The van der Waals surface area contributed by atoms with Gasteiger partial charge < -0.3 is 10.9 Å². The fourth-order valence-corrected chi connectivity index (χ4v) is 2.67. The lowest BCUT2D eigenvalue weighted by Gasteiger charge is -2.06. The highest BCUT2D eigenvalue weighted by molar-refractivity contribution is 8.13. The number of nitrogens with zero attached hydrogens (tertiary/aromatic N) is 1. The lowest BCUT2D eigenvalue weighted by Crippen LogP contribution is -1.97. The summed E-state index contributed by atoms with van der Waals surface area (Å²) in [6.07, 6.45) is 1.72. The van der Waals surface area contributed by atoms with Crippen molar-refractivity contribution in [2.24, 2.45) is 10.9 Å². The Morgan fingerprint density at radius 2 is 2.12 bits per heavy atom. The van der Waals surface area contributed by atoms with Crippen LogP contribution >= 0.6 is 11.8 Å². The molecule has 0 saturated carbocycles. The van der Waals surface area contributed by atoms with Crippen molar-refractivity contribution < 1.29 is 5.21 Å². The van der Waals surface area contributed by atoms with Crippen LogP contribution in [0.1, 0.15) is 24.5 Å². The number of hydrogen-bond donors (Lipinski definition) is 3. The number of hydrogen-bond acceptors (Lipinski definition) is 5. The maximum absolute atomic E-state index is 8.90. The van der Waals surface area contributed by atoms with E-state index in [-0.39, 0.29) is 0 Å². The topological polar surface area (TPSA) is 82.5 Å². The number of aryl methyl sites for hydroxylation is 1. The van der Waals surface area contributed by atoms with Gasteiger partial charge in [0, 0.05) is 10.5 Å². The first-order valence-corrected chi connectivity index (χ1v) is 6.18. The quantitative estimate of drug-likeness (QED) is 0.236. The van der Waals surface area contributed by atoms with E-state index >= 15 is 0 Å². The molecule has 0 aliphatic heterocycles. The predicted octanol–water partition coefficient (Wildman–Crippen LogP) is 2.48. The molecule has 92 valence electrons. The van der Waals surface area contributed by atoms with Gasteiger partial charge in [-0.05, 0) is 38.4 Å². The van der Waals surface area contributed by atoms with E-state index in [2.05, 4.69) is 17.0 Å². The van der Waals surface area contributed by atoms with Crippen LogP contribution in [0.25, 0.3) is 0 Å². The molecule has 1 aliphatic rings. The molecule has 4 nitrogen and oxygen atoms in total. The maximum atomic E-state index is 8.90. The molecule has 0 spiro atoms. The smallest absolute Gasteiger partial charge is 0.0885 e. The van der Waals surface area contributed by atoms with Crippen LogP contribution in [0.15, 0.2) is 28.3 Å². The summed E-state index contributed by atoms with van der Waals surface area (Å²) in [5.41, 5.74) is 7.49. The Bertz CT molecular complexity index is 443. The van der Waals surface area contributed by atoms with Gasteiger partial charge in [-0.15, -0.1) is 0 Å². The van der Waals surface area contributed by atoms with Crippen LogP contribution in [0.2, 0.25) is 0 Å². The minimum atomic E-state index is 0.549. The highest BCUT2D eigenvalue weighted by Crippen LogP contribution is 2.32. The van der Waals surface area contributed by atoms with Gasteiger partial charge in [-0.3, -0.25) is 5.41 Å². The summed E-state index contributed by atoms with van der Waals surface area (Å²) in [6.45, 7) is 1.76. The van der Waals surface area contributed by atoms with Crippen molar-refractivity contribution in [1.29, 1.82) is 5.41 Å². The third-order valence-electron chi connectivity index (χ3n) is 2.42. The number of thioether (sulfide) groups is 1. The third kappa shape index (κ3) is 3.08. The van der Waals surface area contributed by atoms with E-state index in [0.717, 1.165) is 29.0 Å². The highest BCUT2D eigenvalue weighted by Gasteiger charge is 2.21. The molecule has 0 unspecified atom stereocenters. The van der Waals surface area contributed by atoms with Crippen molar-refractivity contribution in [3.8, 4) is 0 Å². The average molecular weight is 251 g/mol. The van der Waals surface area contributed by atoms with Crippen molar-refractivity contribution in [3.63, 3.8) is 0 Å². The SMILES string of the molecule is CC(=N)Sc1cccc2c1/C(=N/O)CC2.CN. The Labute approximate surface area is 105 Å². The summed E-state index contributed by atoms with van der Waals surface area (Å²) in [5.74, 6) is 0. The number of oxime groups is 1. The van der Waals surface area contributed by atoms with E-state index in [1.54, 1.807) is 6.92 Å². The first-order chi connectivity index (χ1) is 8.22. The van der Waals surface area contributed by atoms with Gasteiger partial charge in [0.05, 0.1) is 10.8 Å². The molecule has 17 heavy (non-hydrogen) atoms. The molecule has 0 fully saturated rings. The number of rotatable bonds is 1. The second-order valence-electron chi connectivity index (χ2n) is 3.50. The van der Waals surface area contributed by atoms with Crippen LogP contribution in [0.5, 0.6) is 0 Å². The molecule has 1 aliphatic carbocycles. The van der Waals surface area contributed by atoms with E-state index in [1.807, 2.05) is 12.1 Å². The molecule has 0 radical (unpaired) electrons. The van der Waals surface area contributed by atoms with Crippen LogP contribution < -0.4 is 5.73 Å². The lowest BCUT2D eigenvalue weighted by molar-refractivity contribution is 0.318. The molecule has 1 aromatic carbocycles. The summed E-state index contributed by atoms with van der Waals surface area (Å²) in [4.78, 5) is 1.02. The number of nitrogens with two attached hydrogens (primary N) is 1. The first-order valence-electron chi connectivity index (χ1n) is 5.36. The fourth-order valence-electron chi connectivity index (χ4n) is 1.84. The van der Waals surface area contributed by atoms with Crippen LogP contribution in [-0.4, -0.2) is 23.0 Å². The minimum Gasteiger partial charge on any atom is -0.411 e. The molecule has 0 bridgehead atoms. The highest BCUT2D eigenvalue weighted by atomic mass is 32.2. The van der Waals surface area contributed by atoms with Gasteiger partial charge in [0.1, 0.15) is 0 Å². The second-order valence-corrected chi connectivity index (χ2v) is 4.75. The molecule has 0 amide bonds. The Morgan fingerprint density at radius 1 is 1.41 bits per heavy atom. The molecule has 1 aromatic rings. The summed E-state index contributed by atoms with van der Waals surface area (Å²) < 4.78 is 0. The van der Waals surface area contributed by atoms with Gasteiger partial charge in [0.2, 0.25) is 0 Å². The normalized spacial score (nSPS) is 15.1. The zero-order valence-electron chi connectivity index (χ0n) is 10.0. The van der Waals surface area contributed by atoms with E-state index in [4.69, 9.17) is 10.6 Å². The standard InChI is InChI=1S/C11H12N2OS.CH5N/c1-7(12)15-10-4-2-3-8-5-6-9(13-14)11(8)10;1-2/h2-4,12,14H,5-6H2,1H3;2H2,1H3/b12-7?,13-9+;. The largest absolute Gasteiger partial charge is 0.411 e. The zero-order chi connectivity index (χ0) is 12.8. The molecule has 5 heteroatoms. The van der Waals surface area contributed by atoms with Crippen molar-refractivity contribution in [2.45, 2.75) is 24.7 Å². The fraction of sp³-hybridized carbons (Fsp3) is 0.333. The monoisotopic (exact) mass is 251 g/mol. The zero-order valence-corrected chi connectivity index (χ0v) is 10.8. The minimum absolute atomic E-state index is 0.549. The van der Waals surface area contributed by atoms with Crippen molar-refractivity contribution in [3.05, 3.63) is 29.3 Å². The van der Waals surface area contributed by atoms with Crippen LogP contribution in [0, 0.1) is 5.41 Å². The molecule has 0 heterocycles. The van der Waals surface area contributed by atoms with Gasteiger partial charge in [-0.25, -0.2) is 0 Å². The third-order valence-corrected chi connectivity index (χ3v) is 3.28. The van der Waals surface area contributed by atoms with Crippen molar-refractivity contribution in [2.75, 3.05) is 7.05 Å². The summed E-state index contributed by atoms with van der Waals surface area (Å²) in [7, 11) is 1.50. The summed E-state index contributed by atoms with van der Waals surface area (Å²) in [6, 6.07) is 6.01. The Balaban J connectivity index is 0.000000686. The van der Waals surface area contributed by atoms with E-state index in [0.29, 0.717) is 5.04 Å². The van der Waals surface area contributed by atoms with E-state index in [9.17, 15) is 0 Å². The van der Waals surface area contributed by atoms with Crippen molar-refractivity contribution in [1.82, 2.24) is 0 Å². The Kier molecular flexibility index (Phi) is 5.18. The molecule has 4 N–H and O–H groups in total. The van der Waals surface area contributed by atoms with Gasteiger partial charge >= 0.3 is 0 Å². The Morgan fingerprint density at radius 3 is 2.71 bits per heavy atom. The van der Waals surface area contributed by atoms with Crippen LogP contribution in [0.3, 0.4) is 0 Å². The van der Waals surface area contributed by atoms with Gasteiger partial charge in [0.15, 0.2) is 0 Å². The summed E-state index contributed by atoms with van der Waals surface area (Å²) >= 11 is 1.41. The van der Waals surface area contributed by atoms with Crippen LogP contribution in [-0.2, 0) is 6.42 Å². The maximum Gasteiger partial charge on any atom is 0.0885 e. The molecular formula is C12H17N3OS. The number of fused-ring (bicyclic) bond motifs is 1. The lowest BCUT2D eigenvalue weighted by atomic mass is 10.1. The second kappa shape index (κ2) is 6.42. The molecule has 0 atom stereocenters. The molecule has 0 saturated heterocycles. The molecular weight excluding hydrogens is 234 g/mol. The van der Waals surface area contributed by atoms with Gasteiger partial charge in [-0.2, -0.15) is 0 Å². The van der Waals surface area contributed by atoms with Gasteiger partial charge in [-0.1, -0.05) is 29.1 Å². The van der Waals surface area contributed by atoms with E-state index in [1.165, 1.54) is 24.4 Å². The molecule has 2 rings (SSSR count). The van der Waals surface area contributed by atoms with Crippen molar-refractivity contribution >= 4 is 22.5 Å². The molecule has 0 aromatic heterocycles.